The van der Waals surface area contributed by atoms with Crippen molar-refractivity contribution in [3.05, 3.63) is 0 Å². The minimum absolute atomic E-state index is 0.880. The van der Waals surface area contributed by atoms with E-state index in [1.165, 1.54) is 25.8 Å². The third kappa shape index (κ3) is 0.877. The van der Waals surface area contributed by atoms with Gasteiger partial charge >= 0.3 is 0 Å². The minimum atomic E-state index is 0.880. The molecule has 0 spiro atoms. The van der Waals surface area contributed by atoms with Gasteiger partial charge in [-0.3, -0.25) is 0 Å². The molecule has 3 aliphatic rings. The van der Waals surface area contributed by atoms with Gasteiger partial charge in [-0.05, 0) is 37.6 Å². The molecule has 1 saturated carbocycles. The fraction of sp³-hybridized carbons (Fsp3) is 1.00. The zero-order valence-corrected chi connectivity index (χ0v) is 6.06. The lowest BCUT2D eigenvalue weighted by molar-refractivity contribution is 0.145. The first-order valence-electron chi connectivity index (χ1n) is 4.09. The molecule has 0 aromatic heterocycles. The predicted octanol–water partition coefficient (Wildman–Crippen LogP) is 1.39. The van der Waals surface area contributed by atoms with E-state index in [2.05, 4.69) is 12.2 Å². The number of hydrogen-bond acceptors (Lipinski definition) is 1. The second-order valence-corrected chi connectivity index (χ2v) is 3.66. The van der Waals surface area contributed by atoms with Crippen LogP contribution in [-0.2, 0) is 0 Å². The Morgan fingerprint density at radius 3 is 2.44 bits per heavy atom. The molecule has 0 aromatic carbocycles. The topological polar surface area (TPSA) is 12.0 Å². The fourth-order valence-corrected chi connectivity index (χ4v) is 2.27. The lowest BCUT2D eigenvalue weighted by Crippen LogP contribution is -2.48. The molecule has 2 aliphatic heterocycles. The molecule has 3 atom stereocenters. The summed E-state index contributed by atoms with van der Waals surface area (Å²) < 4.78 is 0. The Morgan fingerprint density at radius 2 is 2.22 bits per heavy atom. The Labute approximate surface area is 56.8 Å². The van der Waals surface area contributed by atoms with Gasteiger partial charge in [0.25, 0.3) is 0 Å². The van der Waals surface area contributed by atoms with Crippen molar-refractivity contribution in [1.29, 1.82) is 0 Å². The fourth-order valence-electron chi connectivity index (χ4n) is 2.27. The van der Waals surface area contributed by atoms with Crippen molar-refractivity contribution in [3.8, 4) is 0 Å². The Kier molecular flexibility index (Phi) is 1.26. The summed E-state index contributed by atoms with van der Waals surface area (Å²) in [5.74, 6) is 2.01. The molecule has 1 N–H and O–H groups in total. The summed E-state index contributed by atoms with van der Waals surface area (Å²) in [4.78, 5) is 0. The number of nitrogens with one attached hydrogen (secondary N) is 1. The number of piperidine rings is 2. The van der Waals surface area contributed by atoms with Crippen LogP contribution in [0, 0.1) is 11.8 Å². The highest BCUT2D eigenvalue weighted by atomic mass is 14.9. The maximum atomic E-state index is 3.55. The van der Waals surface area contributed by atoms with E-state index in [0.717, 1.165) is 17.9 Å². The molecule has 3 fully saturated rings. The summed E-state index contributed by atoms with van der Waals surface area (Å²) in [6, 6.07) is 0.880. The molecular weight excluding hydrogens is 110 g/mol. The van der Waals surface area contributed by atoms with Gasteiger partial charge in [0, 0.05) is 6.04 Å². The summed E-state index contributed by atoms with van der Waals surface area (Å²) >= 11 is 0. The quantitative estimate of drug-likeness (QED) is 0.516. The second kappa shape index (κ2) is 1.98. The third-order valence-corrected chi connectivity index (χ3v) is 3.02. The highest BCUT2D eigenvalue weighted by Gasteiger charge is 2.31. The van der Waals surface area contributed by atoms with Gasteiger partial charge in [-0.25, -0.2) is 0 Å². The van der Waals surface area contributed by atoms with Gasteiger partial charge in [0.1, 0.15) is 0 Å². The largest absolute Gasteiger partial charge is 0.314 e. The lowest BCUT2D eigenvalue weighted by Gasteiger charge is -2.41. The molecule has 52 valence electrons. The van der Waals surface area contributed by atoms with E-state index in [1.807, 2.05) is 0 Å². The van der Waals surface area contributed by atoms with E-state index in [0.29, 0.717) is 0 Å². The van der Waals surface area contributed by atoms with E-state index < -0.39 is 0 Å². The Balaban J connectivity index is 2.06. The van der Waals surface area contributed by atoms with Gasteiger partial charge < -0.3 is 5.32 Å². The van der Waals surface area contributed by atoms with Crippen LogP contribution in [0.2, 0.25) is 0 Å². The molecule has 2 unspecified atom stereocenters. The van der Waals surface area contributed by atoms with E-state index in [9.17, 15) is 0 Å². The van der Waals surface area contributed by atoms with Crippen LogP contribution >= 0.6 is 0 Å². The molecule has 3 rings (SSSR count). The predicted molar refractivity (Wildman–Crippen MR) is 38.3 cm³/mol. The smallest absolute Gasteiger partial charge is 0.00699 e. The average Bonchev–Trinajstić information content (AvgIpc) is 1.90. The molecule has 1 heteroatoms. The van der Waals surface area contributed by atoms with Crippen LogP contribution in [0.3, 0.4) is 0 Å². The molecule has 0 amide bonds. The molecule has 1 aliphatic carbocycles. The number of hydrogen-bond donors (Lipinski definition) is 1. The summed E-state index contributed by atoms with van der Waals surface area (Å²) in [6.45, 7) is 3.70. The van der Waals surface area contributed by atoms with Crippen LogP contribution in [0.1, 0.15) is 26.2 Å². The van der Waals surface area contributed by atoms with Crippen molar-refractivity contribution < 1.29 is 0 Å². The summed E-state index contributed by atoms with van der Waals surface area (Å²) in [6.07, 6.45) is 4.36. The standard InChI is InChI=1S/C8H15N/c1-6-4-8-3-2-7(6)5-9-8/h6-9H,2-5H2,1H3/t6?,7-,8?/m1/s1. The first-order chi connectivity index (χ1) is 4.36. The van der Waals surface area contributed by atoms with Crippen molar-refractivity contribution in [2.45, 2.75) is 32.2 Å². The molecule has 2 saturated heterocycles. The Morgan fingerprint density at radius 1 is 1.33 bits per heavy atom. The van der Waals surface area contributed by atoms with E-state index in [1.54, 1.807) is 0 Å². The molecule has 9 heavy (non-hydrogen) atoms. The zero-order valence-electron chi connectivity index (χ0n) is 6.06. The first-order valence-corrected chi connectivity index (χ1v) is 4.09. The SMILES string of the molecule is CC1CC2CC[C@@H]1CN2. The number of fused-ring (bicyclic) bond motifs is 3. The van der Waals surface area contributed by atoms with Crippen LogP contribution in [-0.4, -0.2) is 12.6 Å². The Bertz CT molecular complexity index is 103. The highest BCUT2D eigenvalue weighted by molar-refractivity contribution is 4.88. The van der Waals surface area contributed by atoms with Crippen molar-refractivity contribution >= 4 is 0 Å². The zero-order chi connectivity index (χ0) is 6.27. The first kappa shape index (κ1) is 5.72. The van der Waals surface area contributed by atoms with Crippen LogP contribution in [0.15, 0.2) is 0 Å². The molecule has 2 bridgehead atoms. The highest BCUT2D eigenvalue weighted by Crippen LogP contribution is 2.33. The van der Waals surface area contributed by atoms with E-state index in [-0.39, 0.29) is 0 Å². The summed E-state index contributed by atoms with van der Waals surface area (Å²) in [5.41, 5.74) is 0. The molecule has 0 aromatic rings. The third-order valence-electron chi connectivity index (χ3n) is 3.02. The number of rotatable bonds is 0. The van der Waals surface area contributed by atoms with Gasteiger partial charge in [-0.2, -0.15) is 0 Å². The molecule has 0 radical (unpaired) electrons. The van der Waals surface area contributed by atoms with E-state index >= 15 is 0 Å². The van der Waals surface area contributed by atoms with Crippen molar-refractivity contribution in [3.63, 3.8) is 0 Å². The minimum Gasteiger partial charge on any atom is -0.314 e. The summed E-state index contributed by atoms with van der Waals surface area (Å²) in [5, 5.41) is 3.55. The normalized spacial score (nSPS) is 49.7. The monoisotopic (exact) mass is 125 g/mol. The Hall–Kier alpha value is -0.0400. The maximum Gasteiger partial charge on any atom is 0.00699 e. The molecule has 2 heterocycles. The van der Waals surface area contributed by atoms with Crippen molar-refractivity contribution in [2.24, 2.45) is 11.8 Å². The van der Waals surface area contributed by atoms with Gasteiger partial charge in [0.2, 0.25) is 0 Å². The van der Waals surface area contributed by atoms with E-state index in [4.69, 9.17) is 0 Å². The molecular formula is C8H15N. The van der Waals surface area contributed by atoms with Gasteiger partial charge in [-0.1, -0.05) is 6.92 Å². The van der Waals surface area contributed by atoms with Gasteiger partial charge in [-0.15, -0.1) is 0 Å². The van der Waals surface area contributed by atoms with Crippen molar-refractivity contribution in [2.75, 3.05) is 6.54 Å². The van der Waals surface area contributed by atoms with Gasteiger partial charge in [0.15, 0.2) is 0 Å². The van der Waals surface area contributed by atoms with Gasteiger partial charge in [0.05, 0.1) is 0 Å². The van der Waals surface area contributed by atoms with Crippen LogP contribution in [0.4, 0.5) is 0 Å². The molecule has 1 nitrogen and oxygen atoms in total. The lowest BCUT2D eigenvalue weighted by atomic mass is 9.74. The van der Waals surface area contributed by atoms with Crippen LogP contribution in [0.5, 0.6) is 0 Å². The van der Waals surface area contributed by atoms with Crippen LogP contribution in [0.25, 0.3) is 0 Å². The maximum absolute atomic E-state index is 3.55. The average molecular weight is 125 g/mol. The van der Waals surface area contributed by atoms with Crippen molar-refractivity contribution in [1.82, 2.24) is 5.32 Å². The summed E-state index contributed by atoms with van der Waals surface area (Å²) in [7, 11) is 0. The van der Waals surface area contributed by atoms with Crippen LogP contribution < -0.4 is 5.32 Å². The second-order valence-electron chi connectivity index (χ2n) is 3.66.